The number of fused-ring (bicyclic) bond motifs is 1. The molecule has 0 bridgehead atoms. The minimum atomic E-state index is -0.945. The summed E-state index contributed by atoms with van der Waals surface area (Å²) in [7, 11) is 0. The Balaban J connectivity index is 1.69. The molecule has 23 heavy (non-hydrogen) atoms. The Morgan fingerprint density at radius 1 is 0.957 bits per heavy atom. The van der Waals surface area contributed by atoms with Crippen LogP contribution in [0, 0.1) is 0 Å². The van der Waals surface area contributed by atoms with Gasteiger partial charge in [-0.25, -0.2) is 9.78 Å². The van der Waals surface area contributed by atoms with Gasteiger partial charge in [-0.2, -0.15) is 0 Å². The molecule has 5 nitrogen and oxygen atoms in total. The molecule has 0 saturated heterocycles. The summed E-state index contributed by atoms with van der Waals surface area (Å²) in [5.41, 5.74) is 2.90. The summed E-state index contributed by atoms with van der Waals surface area (Å²) in [6.45, 7) is 0. The molecule has 0 amide bonds. The third-order valence-electron chi connectivity index (χ3n) is 3.65. The fourth-order valence-corrected chi connectivity index (χ4v) is 2.47. The van der Waals surface area contributed by atoms with E-state index in [9.17, 15) is 4.79 Å². The van der Waals surface area contributed by atoms with Crippen LogP contribution in [-0.4, -0.2) is 21.0 Å². The number of carboxylic acids is 1. The number of para-hydroxylation sites is 2. The summed E-state index contributed by atoms with van der Waals surface area (Å²) in [6, 6.07) is 18.0. The van der Waals surface area contributed by atoms with Gasteiger partial charge >= 0.3 is 5.97 Å². The lowest BCUT2D eigenvalue weighted by molar-refractivity contribution is 0.0697. The summed E-state index contributed by atoms with van der Waals surface area (Å²) in [6.07, 6.45) is 0. The first-order valence-electron chi connectivity index (χ1n) is 7.09. The highest BCUT2D eigenvalue weighted by Gasteiger charge is 2.11. The number of aromatic nitrogens is 2. The van der Waals surface area contributed by atoms with Gasteiger partial charge in [-0.15, -0.1) is 0 Å². The number of nitrogens with one attached hydrogen (secondary N) is 1. The minimum absolute atomic E-state index is 0.248. The Morgan fingerprint density at radius 3 is 2.43 bits per heavy atom. The normalized spacial score (nSPS) is 11.0. The highest BCUT2D eigenvalue weighted by atomic mass is 16.4. The Kier molecular flexibility index (Phi) is 2.98. The van der Waals surface area contributed by atoms with E-state index in [1.807, 2.05) is 36.4 Å². The second-order valence-corrected chi connectivity index (χ2v) is 5.15. The SMILES string of the molecule is O=C(O)c1ccc(-c2ccc(-c3nc4ccccc4[nH]3)o2)cc1. The number of carboxylic acid groups (broad SMARTS) is 1. The van der Waals surface area contributed by atoms with Gasteiger partial charge in [-0.05, 0) is 36.4 Å². The van der Waals surface area contributed by atoms with E-state index in [0.717, 1.165) is 16.6 Å². The van der Waals surface area contributed by atoms with Gasteiger partial charge < -0.3 is 14.5 Å². The van der Waals surface area contributed by atoms with E-state index < -0.39 is 5.97 Å². The van der Waals surface area contributed by atoms with Crippen LogP contribution in [0.25, 0.3) is 33.9 Å². The van der Waals surface area contributed by atoms with Gasteiger partial charge in [0.1, 0.15) is 5.76 Å². The molecule has 5 heteroatoms. The number of imidazole rings is 1. The monoisotopic (exact) mass is 304 g/mol. The number of hydrogen-bond acceptors (Lipinski definition) is 3. The summed E-state index contributed by atoms with van der Waals surface area (Å²) >= 11 is 0. The van der Waals surface area contributed by atoms with Crippen molar-refractivity contribution >= 4 is 17.0 Å². The Bertz CT molecular complexity index is 963. The Hall–Kier alpha value is -3.34. The number of hydrogen-bond donors (Lipinski definition) is 2. The van der Waals surface area contributed by atoms with Crippen LogP contribution >= 0.6 is 0 Å². The van der Waals surface area contributed by atoms with Crippen molar-refractivity contribution in [3.63, 3.8) is 0 Å². The average molecular weight is 304 g/mol. The van der Waals surface area contributed by atoms with E-state index in [4.69, 9.17) is 9.52 Å². The molecule has 0 fully saturated rings. The van der Waals surface area contributed by atoms with E-state index in [1.54, 1.807) is 24.3 Å². The van der Waals surface area contributed by atoms with Gasteiger partial charge in [0.2, 0.25) is 0 Å². The molecule has 4 rings (SSSR count). The van der Waals surface area contributed by atoms with Gasteiger partial charge in [0.05, 0.1) is 16.6 Å². The minimum Gasteiger partial charge on any atom is -0.478 e. The summed E-state index contributed by atoms with van der Waals surface area (Å²) in [5.74, 6) is 1.02. The maximum Gasteiger partial charge on any atom is 0.335 e. The topological polar surface area (TPSA) is 79.1 Å². The van der Waals surface area contributed by atoms with Crippen LogP contribution in [0.15, 0.2) is 65.1 Å². The van der Waals surface area contributed by atoms with Crippen molar-refractivity contribution in [3.05, 3.63) is 66.2 Å². The molecular weight excluding hydrogens is 292 g/mol. The number of carbonyl (C=O) groups is 1. The van der Waals surface area contributed by atoms with Crippen LogP contribution in [0.1, 0.15) is 10.4 Å². The third kappa shape index (κ3) is 2.38. The number of H-pyrrole nitrogens is 1. The smallest absolute Gasteiger partial charge is 0.335 e. The highest BCUT2D eigenvalue weighted by Crippen LogP contribution is 2.28. The first-order chi connectivity index (χ1) is 11.2. The van der Waals surface area contributed by atoms with Crippen molar-refractivity contribution in [2.75, 3.05) is 0 Å². The lowest BCUT2D eigenvalue weighted by atomic mass is 10.1. The standard InChI is InChI=1S/C18H12N2O3/c21-18(22)12-7-5-11(6-8-12)15-9-10-16(23-15)17-19-13-3-1-2-4-14(13)20-17/h1-10H,(H,19,20)(H,21,22). The van der Waals surface area contributed by atoms with Crippen molar-refractivity contribution in [2.45, 2.75) is 0 Å². The van der Waals surface area contributed by atoms with Crippen LogP contribution in [0.5, 0.6) is 0 Å². The molecule has 0 aliphatic carbocycles. The molecule has 0 radical (unpaired) electrons. The van der Waals surface area contributed by atoms with Gasteiger partial charge in [-0.1, -0.05) is 24.3 Å². The Labute approximate surface area is 131 Å². The number of aromatic carboxylic acids is 1. The van der Waals surface area contributed by atoms with E-state index in [2.05, 4.69) is 9.97 Å². The molecule has 0 aliphatic heterocycles. The predicted octanol–water partition coefficient (Wildman–Crippen LogP) is 4.19. The Morgan fingerprint density at radius 2 is 1.70 bits per heavy atom. The van der Waals surface area contributed by atoms with Crippen LogP contribution in [-0.2, 0) is 0 Å². The zero-order valence-corrected chi connectivity index (χ0v) is 12.0. The number of rotatable bonds is 3. The first-order valence-corrected chi connectivity index (χ1v) is 7.09. The largest absolute Gasteiger partial charge is 0.478 e. The van der Waals surface area contributed by atoms with Crippen LogP contribution < -0.4 is 0 Å². The zero-order chi connectivity index (χ0) is 15.8. The number of benzene rings is 2. The number of furan rings is 1. The maximum absolute atomic E-state index is 10.9. The van der Waals surface area contributed by atoms with Crippen LogP contribution in [0.3, 0.4) is 0 Å². The van der Waals surface area contributed by atoms with Crippen LogP contribution in [0.4, 0.5) is 0 Å². The van der Waals surface area contributed by atoms with Gasteiger partial charge in [0.25, 0.3) is 0 Å². The average Bonchev–Trinajstić information content (AvgIpc) is 3.21. The van der Waals surface area contributed by atoms with Gasteiger partial charge in [0, 0.05) is 5.56 Å². The molecule has 2 aromatic heterocycles. The second-order valence-electron chi connectivity index (χ2n) is 5.15. The summed E-state index contributed by atoms with van der Waals surface area (Å²) in [4.78, 5) is 18.6. The van der Waals surface area contributed by atoms with Gasteiger partial charge in [0.15, 0.2) is 11.6 Å². The zero-order valence-electron chi connectivity index (χ0n) is 12.0. The molecule has 0 atom stereocenters. The summed E-state index contributed by atoms with van der Waals surface area (Å²) < 4.78 is 5.84. The molecule has 112 valence electrons. The van der Waals surface area contributed by atoms with E-state index >= 15 is 0 Å². The predicted molar refractivity (Wildman–Crippen MR) is 86.2 cm³/mol. The van der Waals surface area contributed by atoms with Crippen molar-refractivity contribution in [1.82, 2.24) is 9.97 Å². The molecule has 0 saturated carbocycles. The van der Waals surface area contributed by atoms with Crippen molar-refractivity contribution in [3.8, 4) is 22.9 Å². The quantitative estimate of drug-likeness (QED) is 0.595. The van der Waals surface area contributed by atoms with E-state index in [0.29, 0.717) is 17.3 Å². The molecular formula is C18H12N2O3. The van der Waals surface area contributed by atoms with E-state index in [1.165, 1.54) is 0 Å². The van der Waals surface area contributed by atoms with Crippen molar-refractivity contribution in [2.24, 2.45) is 0 Å². The van der Waals surface area contributed by atoms with E-state index in [-0.39, 0.29) is 5.56 Å². The molecule has 0 spiro atoms. The first kappa shape index (κ1) is 13.3. The number of aromatic amines is 1. The lowest BCUT2D eigenvalue weighted by Gasteiger charge is -1.98. The fourth-order valence-electron chi connectivity index (χ4n) is 2.47. The fraction of sp³-hybridized carbons (Fsp3) is 0. The van der Waals surface area contributed by atoms with Crippen LogP contribution in [0.2, 0.25) is 0 Å². The molecule has 4 aromatic rings. The lowest BCUT2D eigenvalue weighted by Crippen LogP contribution is -1.94. The van der Waals surface area contributed by atoms with Crippen molar-refractivity contribution < 1.29 is 14.3 Å². The maximum atomic E-state index is 10.9. The van der Waals surface area contributed by atoms with Gasteiger partial charge in [-0.3, -0.25) is 0 Å². The third-order valence-corrected chi connectivity index (χ3v) is 3.65. The number of nitrogens with zero attached hydrogens (tertiary/aromatic N) is 1. The summed E-state index contributed by atoms with van der Waals surface area (Å²) in [5, 5.41) is 8.93. The molecule has 0 unspecified atom stereocenters. The molecule has 0 aliphatic rings. The molecule has 2 N–H and O–H groups in total. The molecule has 2 aromatic carbocycles. The highest BCUT2D eigenvalue weighted by molar-refractivity contribution is 5.88. The molecule has 2 heterocycles. The van der Waals surface area contributed by atoms with Crippen molar-refractivity contribution in [1.29, 1.82) is 0 Å². The second kappa shape index (κ2) is 5.14.